The molecule has 110 valence electrons. The standard InChI is InChI=1S/C17H21N3O/c21-15-6-3-12-7-9-19-17(16(12)10-15)20(14-4-5-14)11-13-2-1-8-18-13/h3,6-7,9-10,13-14,18,21H,1-2,4-5,8,11H2. The maximum absolute atomic E-state index is 9.82. The van der Waals surface area contributed by atoms with E-state index in [0.717, 1.165) is 29.7 Å². The second kappa shape index (κ2) is 5.19. The molecule has 1 aromatic heterocycles. The number of anilines is 1. The predicted molar refractivity (Wildman–Crippen MR) is 84.8 cm³/mol. The van der Waals surface area contributed by atoms with E-state index in [1.165, 1.54) is 25.7 Å². The summed E-state index contributed by atoms with van der Waals surface area (Å²) in [5, 5.41) is 15.6. The Labute approximate surface area is 124 Å². The van der Waals surface area contributed by atoms with Crippen LogP contribution >= 0.6 is 0 Å². The Hall–Kier alpha value is -1.81. The van der Waals surface area contributed by atoms with Crippen molar-refractivity contribution >= 4 is 16.6 Å². The molecule has 2 N–H and O–H groups in total. The van der Waals surface area contributed by atoms with Crippen LogP contribution in [0.15, 0.2) is 30.5 Å². The number of rotatable bonds is 4. The van der Waals surface area contributed by atoms with Gasteiger partial charge in [0.05, 0.1) is 0 Å². The Balaban J connectivity index is 1.72. The number of hydrogen-bond donors (Lipinski definition) is 2. The first-order valence-electron chi connectivity index (χ1n) is 7.89. The van der Waals surface area contributed by atoms with Gasteiger partial charge in [0.25, 0.3) is 0 Å². The SMILES string of the molecule is Oc1ccc2ccnc(N(CC3CCCN3)C3CC3)c2c1. The summed E-state index contributed by atoms with van der Waals surface area (Å²) in [6, 6.07) is 8.75. The lowest BCUT2D eigenvalue weighted by atomic mass is 10.1. The van der Waals surface area contributed by atoms with Gasteiger partial charge in [-0.1, -0.05) is 6.07 Å². The molecular weight excluding hydrogens is 262 g/mol. The Morgan fingerprint density at radius 2 is 2.14 bits per heavy atom. The van der Waals surface area contributed by atoms with Crippen molar-refractivity contribution < 1.29 is 5.11 Å². The number of nitrogens with one attached hydrogen (secondary N) is 1. The van der Waals surface area contributed by atoms with Crippen LogP contribution in [-0.4, -0.2) is 35.3 Å². The van der Waals surface area contributed by atoms with Crippen LogP contribution in [0.5, 0.6) is 5.75 Å². The van der Waals surface area contributed by atoms with Crippen LogP contribution in [0.1, 0.15) is 25.7 Å². The topological polar surface area (TPSA) is 48.4 Å². The molecule has 4 heteroatoms. The molecule has 1 aliphatic carbocycles. The average Bonchev–Trinajstić information content (AvgIpc) is 3.21. The smallest absolute Gasteiger partial charge is 0.136 e. The summed E-state index contributed by atoms with van der Waals surface area (Å²) in [5.41, 5.74) is 0. The Morgan fingerprint density at radius 1 is 1.24 bits per heavy atom. The normalized spacial score (nSPS) is 21.8. The quantitative estimate of drug-likeness (QED) is 0.905. The fourth-order valence-electron chi connectivity index (χ4n) is 3.31. The number of fused-ring (bicyclic) bond motifs is 1. The molecule has 1 aliphatic heterocycles. The van der Waals surface area contributed by atoms with Gasteiger partial charge in [-0.05, 0) is 55.8 Å². The van der Waals surface area contributed by atoms with Crippen molar-refractivity contribution in [2.45, 2.75) is 37.8 Å². The van der Waals surface area contributed by atoms with E-state index in [1.807, 2.05) is 24.4 Å². The van der Waals surface area contributed by atoms with E-state index in [0.29, 0.717) is 17.8 Å². The third-order valence-corrected chi connectivity index (χ3v) is 4.57. The van der Waals surface area contributed by atoms with Gasteiger partial charge in [0, 0.05) is 30.2 Å². The third-order valence-electron chi connectivity index (χ3n) is 4.57. The van der Waals surface area contributed by atoms with Crippen LogP contribution in [0.25, 0.3) is 10.8 Å². The Bertz CT molecular complexity index is 648. The monoisotopic (exact) mass is 283 g/mol. The van der Waals surface area contributed by atoms with E-state index in [4.69, 9.17) is 0 Å². The van der Waals surface area contributed by atoms with Gasteiger partial charge in [-0.25, -0.2) is 4.98 Å². The van der Waals surface area contributed by atoms with Crippen LogP contribution in [0.3, 0.4) is 0 Å². The third kappa shape index (κ3) is 2.56. The lowest BCUT2D eigenvalue weighted by Gasteiger charge is -2.28. The zero-order valence-electron chi connectivity index (χ0n) is 12.1. The van der Waals surface area contributed by atoms with E-state index >= 15 is 0 Å². The molecule has 1 unspecified atom stereocenters. The van der Waals surface area contributed by atoms with Crippen molar-refractivity contribution in [1.29, 1.82) is 0 Å². The summed E-state index contributed by atoms with van der Waals surface area (Å²) in [6.45, 7) is 2.15. The number of phenols is 1. The van der Waals surface area contributed by atoms with E-state index in [9.17, 15) is 5.11 Å². The number of aromatic nitrogens is 1. The van der Waals surface area contributed by atoms with Gasteiger partial charge in [-0.2, -0.15) is 0 Å². The Kier molecular flexibility index (Phi) is 3.19. The lowest BCUT2D eigenvalue weighted by Crippen LogP contribution is -2.39. The molecule has 4 rings (SSSR count). The number of hydrogen-bond acceptors (Lipinski definition) is 4. The zero-order chi connectivity index (χ0) is 14.2. The van der Waals surface area contributed by atoms with Crippen LogP contribution in [0.2, 0.25) is 0 Å². The van der Waals surface area contributed by atoms with Gasteiger partial charge in [0.1, 0.15) is 11.6 Å². The molecule has 1 saturated heterocycles. The zero-order valence-corrected chi connectivity index (χ0v) is 12.1. The van der Waals surface area contributed by atoms with Gasteiger partial charge in [-0.3, -0.25) is 0 Å². The summed E-state index contributed by atoms with van der Waals surface area (Å²) in [7, 11) is 0. The minimum atomic E-state index is 0.312. The summed E-state index contributed by atoms with van der Waals surface area (Å²) in [6.07, 6.45) is 6.91. The maximum atomic E-state index is 9.82. The second-order valence-electron chi connectivity index (χ2n) is 6.22. The minimum absolute atomic E-state index is 0.312. The fourth-order valence-corrected chi connectivity index (χ4v) is 3.31. The molecule has 2 aromatic rings. The fraction of sp³-hybridized carbons (Fsp3) is 0.471. The van der Waals surface area contributed by atoms with Crippen molar-refractivity contribution in [3.63, 3.8) is 0 Å². The maximum Gasteiger partial charge on any atom is 0.136 e. The molecule has 0 bridgehead atoms. The van der Waals surface area contributed by atoms with Gasteiger partial charge in [0.2, 0.25) is 0 Å². The molecule has 0 amide bonds. The number of aromatic hydroxyl groups is 1. The summed E-state index contributed by atoms with van der Waals surface area (Å²) < 4.78 is 0. The molecule has 2 aliphatic rings. The summed E-state index contributed by atoms with van der Waals surface area (Å²) >= 11 is 0. The highest BCUT2D eigenvalue weighted by Crippen LogP contribution is 2.35. The van der Waals surface area contributed by atoms with Crippen LogP contribution in [0.4, 0.5) is 5.82 Å². The van der Waals surface area contributed by atoms with E-state index in [1.54, 1.807) is 6.07 Å². The van der Waals surface area contributed by atoms with E-state index < -0.39 is 0 Å². The molecule has 1 saturated carbocycles. The number of pyridine rings is 1. The Morgan fingerprint density at radius 3 is 2.90 bits per heavy atom. The van der Waals surface area contributed by atoms with Crippen molar-refractivity contribution in [2.75, 3.05) is 18.0 Å². The first kappa shape index (κ1) is 12.9. The summed E-state index contributed by atoms with van der Waals surface area (Å²) in [5.74, 6) is 1.34. The molecule has 1 atom stereocenters. The van der Waals surface area contributed by atoms with Gasteiger partial charge in [-0.15, -0.1) is 0 Å². The summed E-state index contributed by atoms with van der Waals surface area (Å²) in [4.78, 5) is 7.09. The lowest BCUT2D eigenvalue weighted by molar-refractivity contribution is 0.476. The molecule has 4 nitrogen and oxygen atoms in total. The first-order chi connectivity index (χ1) is 10.3. The molecule has 0 spiro atoms. The average molecular weight is 283 g/mol. The van der Waals surface area contributed by atoms with Gasteiger partial charge >= 0.3 is 0 Å². The van der Waals surface area contributed by atoms with Crippen molar-refractivity contribution in [3.05, 3.63) is 30.5 Å². The number of benzene rings is 1. The van der Waals surface area contributed by atoms with Crippen molar-refractivity contribution in [3.8, 4) is 5.75 Å². The largest absolute Gasteiger partial charge is 0.508 e. The predicted octanol–water partition coefficient (Wildman–Crippen LogP) is 2.66. The van der Waals surface area contributed by atoms with Gasteiger partial charge in [0.15, 0.2) is 0 Å². The molecule has 2 heterocycles. The second-order valence-corrected chi connectivity index (χ2v) is 6.22. The number of nitrogens with zero attached hydrogens (tertiary/aromatic N) is 2. The van der Waals surface area contributed by atoms with Crippen LogP contribution in [-0.2, 0) is 0 Å². The molecule has 21 heavy (non-hydrogen) atoms. The highest BCUT2D eigenvalue weighted by Gasteiger charge is 2.33. The molecule has 2 fully saturated rings. The first-order valence-corrected chi connectivity index (χ1v) is 7.89. The van der Waals surface area contributed by atoms with Crippen LogP contribution in [0, 0.1) is 0 Å². The van der Waals surface area contributed by atoms with Crippen LogP contribution < -0.4 is 10.2 Å². The molecule has 1 aromatic carbocycles. The highest BCUT2D eigenvalue weighted by molar-refractivity contribution is 5.93. The van der Waals surface area contributed by atoms with E-state index in [-0.39, 0.29) is 0 Å². The van der Waals surface area contributed by atoms with Gasteiger partial charge < -0.3 is 15.3 Å². The van der Waals surface area contributed by atoms with E-state index in [2.05, 4.69) is 15.2 Å². The number of phenolic OH excluding ortho intramolecular Hbond substituents is 1. The van der Waals surface area contributed by atoms with Crippen molar-refractivity contribution in [1.82, 2.24) is 10.3 Å². The highest BCUT2D eigenvalue weighted by atomic mass is 16.3. The minimum Gasteiger partial charge on any atom is -0.508 e. The molecule has 0 radical (unpaired) electrons. The van der Waals surface area contributed by atoms with Crippen molar-refractivity contribution in [2.24, 2.45) is 0 Å². The molecular formula is C17H21N3O.